The van der Waals surface area contributed by atoms with E-state index in [0.29, 0.717) is 18.4 Å². The van der Waals surface area contributed by atoms with Gasteiger partial charge in [0, 0.05) is 51.2 Å². The van der Waals surface area contributed by atoms with E-state index in [9.17, 15) is 4.79 Å². The highest BCUT2D eigenvalue weighted by Crippen LogP contribution is 2.39. The van der Waals surface area contributed by atoms with Gasteiger partial charge in [-0.05, 0) is 32.1 Å². The molecule has 0 aromatic heterocycles. The van der Waals surface area contributed by atoms with Crippen LogP contribution in [0.4, 0.5) is 0 Å². The highest BCUT2D eigenvalue weighted by molar-refractivity contribution is 5.76. The third-order valence-electron chi connectivity index (χ3n) is 5.56. The molecule has 3 unspecified atom stereocenters. The Morgan fingerprint density at radius 1 is 1.20 bits per heavy atom. The third-order valence-corrected chi connectivity index (χ3v) is 5.56. The molecular formula is C16H29N3O. The van der Waals surface area contributed by atoms with Gasteiger partial charge in [0.25, 0.3) is 0 Å². The molecule has 2 aliphatic heterocycles. The van der Waals surface area contributed by atoms with Crippen molar-refractivity contribution in [1.82, 2.24) is 15.1 Å². The minimum Gasteiger partial charge on any atom is -0.340 e. The van der Waals surface area contributed by atoms with Gasteiger partial charge in [0.2, 0.25) is 5.91 Å². The quantitative estimate of drug-likeness (QED) is 0.849. The molecule has 0 aromatic carbocycles. The van der Waals surface area contributed by atoms with Crippen molar-refractivity contribution in [2.45, 2.75) is 57.5 Å². The number of fused-ring (bicyclic) bond motifs is 1. The molecule has 114 valence electrons. The first-order chi connectivity index (χ1) is 9.75. The molecule has 0 aromatic rings. The van der Waals surface area contributed by atoms with E-state index in [-0.39, 0.29) is 0 Å². The van der Waals surface area contributed by atoms with Crippen LogP contribution in [0.5, 0.6) is 0 Å². The van der Waals surface area contributed by atoms with Crippen molar-refractivity contribution in [3.8, 4) is 0 Å². The van der Waals surface area contributed by atoms with Crippen LogP contribution in [0.25, 0.3) is 0 Å². The lowest BCUT2D eigenvalue weighted by molar-refractivity contribution is -0.132. The average molecular weight is 279 g/mol. The summed E-state index contributed by atoms with van der Waals surface area (Å²) in [6.45, 7) is 7.02. The van der Waals surface area contributed by atoms with Gasteiger partial charge in [0.05, 0.1) is 0 Å². The number of hydrogen-bond donors (Lipinski definition) is 1. The third kappa shape index (κ3) is 3.01. The lowest BCUT2D eigenvalue weighted by Crippen LogP contribution is -2.47. The van der Waals surface area contributed by atoms with Crippen molar-refractivity contribution < 1.29 is 4.79 Å². The van der Waals surface area contributed by atoms with E-state index in [4.69, 9.17) is 0 Å². The first-order valence-electron chi connectivity index (χ1n) is 8.50. The highest BCUT2D eigenvalue weighted by Gasteiger charge is 2.39. The zero-order valence-electron chi connectivity index (χ0n) is 12.8. The van der Waals surface area contributed by atoms with Gasteiger partial charge in [-0.1, -0.05) is 12.8 Å². The van der Waals surface area contributed by atoms with Crippen LogP contribution in [0, 0.1) is 5.92 Å². The van der Waals surface area contributed by atoms with Crippen LogP contribution in [0.15, 0.2) is 0 Å². The molecule has 1 aliphatic carbocycles. The summed E-state index contributed by atoms with van der Waals surface area (Å²) in [4.78, 5) is 17.0. The van der Waals surface area contributed by atoms with Gasteiger partial charge in [-0.2, -0.15) is 0 Å². The molecule has 3 rings (SSSR count). The van der Waals surface area contributed by atoms with E-state index in [1.165, 1.54) is 32.1 Å². The molecule has 1 N–H and O–H groups in total. The van der Waals surface area contributed by atoms with Gasteiger partial charge in [-0.3, -0.25) is 9.69 Å². The van der Waals surface area contributed by atoms with E-state index < -0.39 is 0 Å². The number of nitrogens with zero attached hydrogens (tertiary/aromatic N) is 2. The maximum atomic E-state index is 12.3. The first kappa shape index (κ1) is 14.3. The monoisotopic (exact) mass is 279 g/mol. The van der Waals surface area contributed by atoms with Crippen LogP contribution >= 0.6 is 0 Å². The predicted molar refractivity (Wildman–Crippen MR) is 80.6 cm³/mol. The Morgan fingerprint density at radius 2 is 1.95 bits per heavy atom. The van der Waals surface area contributed by atoms with Crippen molar-refractivity contribution >= 4 is 5.91 Å². The van der Waals surface area contributed by atoms with Gasteiger partial charge in [-0.25, -0.2) is 0 Å². The standard InChI is InChI=1S/C16H29N3O/c1-13-12-14-4-2-3-5-15(14)19(13)9-6-16(20)18-10-7-17-8-11-18/h13-15,17H,2-12H2,1H3. The van der Waals surface area contributed by atoms with Crippen molar-refractivity contribution in [3.05, 3.63) is 0 Å². The zero-order chi connectivity index (χ0) is 13.9. The Morgan fingerprint density at radius 3 is 2.75 bits per heavy atom. The van der Waals surface area contributed by atoms with Crippen LogP contribution in [0.1, 0.15) is 45.4 Å². The SMILES string of the molecule is CC1CC2CCCCC2N1CCC(=O)N1CCNCC1. The number of piperazine rings is 1. The van der Waals surface area contributed by atoms with E-state index in [1.54, 1.807) is 0 Å². The van der Waals surface area contributed by atoms with E-state index >= 15 is 0 Å². The van der Waals surface area contributed by atoms with Crippen LogP contribution < -0.4 is 5.32 Å². The molecule has 4 nitrogen and oxygen atoms in total. The smallest absolute Gasteiger partial charge is 0.223 e. The number of likely N-dealkylation sites (tertiary alicyclic amines) is 1. The number of rotatable bonds is 3. The van der Waals surface area contributed by atoms with E-state index in [2.05, 4.69) is 17.1 Å². The molecule has 0 radical (unpaired) electrons. The molecule has 2 saturated heterocycles. The number of nitrogens with one attached hydrogen (secondary N) is 1. The fourth-order valence-corrected chi connectivity index (χ4v) is 4.48. The summed E-state index contributed by atoms with van der Waals surface area (Å²) in [6, 6.07) is 1.45. The number of amides is 1. The summed E-state index contributed by atoms with van der Waals surface area (Å²) in [5, 5.41) is 3.31. The Labute approximate surface area is 122 Å². The summed E-state index contributed by atoms with van der Waals surface area (Å²) >= 11 is 0. The maximum absolute atomic E-state index is 12.3. The Kier molecular flexibility index (Phi) is 4.61. The van der Waals surface area contributed by atoms with Gasteiger partial charge < -0.3 is 10.2 Å². The minimum atomic E-state index is 0.359. The molecule has 20 heavy (non-hydrogen) atoms. The average Bonchev–Trinajstić information content (AvgIpc) is 2.81. The van der Waals surface area contributed by atoms with Crippen molar-refractivity contribution in [1.29, 1.82) is 0 Å². The second-order valence-electron chi connectivity index (χ2n) is 6.82. The van der Waals surface area contributed by atoms with Crippen molar-refractivity contribution in [2.75, 3.05) is 32.7 Å². The van der Waals surface area contributed by atoms with Crippen LogP contribution in [-0.4, -0.2) is 60.5 Å². The molecule has 3 aliphatic rings. The first-order valence-corrected chi connectivity index (χ1v) is 8.50. The predicted octanol–water partition coefficient (Wildman–Crippen LogP) is 1.46. The Hall–Kier alpha value is -0.610. The molecule has 0 spiro atoms. The zero-order valence-corrected chi connectivity index (χ0v) is 12.8. The lowest BCUT2D eigenvalue weighted by Gasteiger charge is -2.34. The Balaban J connectivity index is 1.50. The van der Waals surface area contributed by atoms with Crippen LogP contribution in [0.2, 0.25) is 0 Å². The van der Waals surface area contributed by atoms with Crippen molar-refractivity contribution in [2.24, 2.45) is 5.92 Å². The number of hydrogen-bond acceptors (Lipinski definition) is 3. The van der Waals surface area contributed by atoms with Gasteiger partial charge in [-0.15, -0.1) is 0 Å². The maximum Gasteiger partial charge on any atom is 0.223 e. The molecule has 2 heterocycles. The second kappa shape index (κ2) is 6.44. The molecule has 0 bridgehead atoms. The van der Waals surface area contributed by atoms with Gasteiger partial charge in [0.15, 0.2) is 0 Å². The summed E-state index contributed by atoms with van der Waals surface area (Å²) in [5.74, 6) is 1.27. The number of carbonyl (C=O) groups excluding carboxylic acids is 1. The largest absolute Gasteiger partial charge is 0.340 e. The summed E-state index contributed by atoms with van der Waals surface area (Å²) < 4.78 is 0. The molecule has 3 fully saturated rings. The minimum absolute atomic E-state index is 0.359. The molecule has 1 amide bonds. The Bertz CT molecular complexity index is 341. The summed E-state index contributed by atoms with van der Waals surface area (Å²) in [6.07, 6.45) is 7.64. The van der Waals surface area contributed by atoms with E-state index in [1.807, 2.05) is 4.90 Å². The van der Waals surface area contributed by atoms with Crippen molar-refractivity contribution in [3.63, 3.8) is 0 Å². The summed E-state index contributed by atoms with van der Waals surface area (Å²) in [7, 11) is 0. The fraction of sp³-hybridized carbons (Fsp3) is 0.938. The number of carbonyl (C=O) groups is 1. The molecule has 4 heteroatoms. The molecular weight excluding hydrogens is 250 g/mol. The van der Waals surface area contributed by atoms with Gasteiger partial charge in [0.1, 0.15) is 0 Å². The highest BCUT2D eigenvalue weighted by atomic mass is 16.2. The molecule has 1 saturated carbocycles. The lowest BCUT2D eigenvalue weighted by atomic mass is 9.85. The van der Waals surface area contributed by atoms with Crippen LogP contribution in [-0.2, 0) is 4.79 Å². The summed E-state index contributed by atoms with van der Waals surface area (Å²) in [5.41, 5.74) is 0. The van der Waals surface area contributed by atoms with Gasteiger partial charge >= 0.3 is 0 Å². The van der Waals surface area contributed by atoms with E-state index in [0.717, 1.165) is 44.7 Å². The topological polar surface area (TPSA) is 35.6 Å². The van der Waals surface area contributed by atoms with Crippen LogP contribution in [0.3, 0.4) is 0 Å². The fourth-order valence-electron chi connectivity index (χ4n) is 4.48. The molecule has 3 atom stereocenters. The second-order valence-corrected chi connectivity index (χ2v) is 6.82. The normalized spacial score (nSPS) is 35.0.